The summed E-state index contributed by atoms with van der Waals surface area (Å²) in [6, 6.07) is 0. The summed E-state index contributed by atoms with van der Waals surface area (Å²) in [7, 11) is -4.67. The monoisotopic (exact) mass is 419 g/mol. The van der Waals surface area contributed by atoms with Crippen LogP contribution in [0, 0.1) is 0 Å². The molecule has 0 aromatic heterocycles. The van der Waals surface area contributed by atoms with Crippen molar-refractivity contribution in [1.29, 1.82) is 0 Å². The maximum atomic E-state index is 8.74. The maximum Gasteiger partial charge on any atom is 0.394 e. The van der Waals surface area contributed by atoms with E-state index in [1.807, 2.05) is 6.92 Å². The van der Waals surface area contributed by atoms with Crippen molar-refractivity contribution in [2.75, 3.05) is 6.54 Å². The van der Waals surface area contributed by atoms with E-state index in [0.29, 0.717) is 0 Å². The van der Waals surface area contributed by atoms with Crippen LogP contribution in [0.3, 0.4) is 0 Å². The molecule has 0 spiro atoms. The Morgan fingerprint density at radius 2 is 1.07 bits per heavy atom. The van der Waals surface area contributed by atoms with E-state index in [2.05, 4.69) is 20.4 Å². The zero-order chi connectivity index (χ0) is 21.8. The summed E-state index contributed by atoms with van der Waals surface area (Å²) in [4.78, 5) is 0. The zero-order valence-electron chi connectivity index (χ0n) is 18.6. The molecule has 0 unspecified atom stereocenters. The van der Waals surface area contributed by atoms with E-state index < -0.39 is 10.4 Å². The molecule has 5 nitrogen and oxygen atoms in total. The minimum Gasteiger partial charge on any atom is -0.330 e. The molecule has 0 heterocycles. The van der Waals surface area contributed by atoms with Crippen LogP contribution in [0.25, 0.3) is 0 Å². The van der Waals surface area contributed by atoms with Gasteiger partial charge in [-0.05, 0) is 19.9 Å². The molecule has 0 aliphatic rings. The van der Waals surface area contributed by atoms with Gasteiger partial charge in [0.25, 0.3) is 0 Å². The van der Waals surface area contributed by atoms with E-state index in [0.717, 1.165) is 6.54 Å². The molecule has 0 bridgehead atoms. The van der Waals surface area contributed by atoms with Crippen molar-refractivity contribution in [2.24, 2.45) is 5.73 Å². The maximum absolute atomic E-state index is 8.74. The second-order valence-electron chi connectivity index (χ2n) is 6.53. The van der Waals surface area contributed by atoms with Crippen LogP contribution in [0.4, 0.5) is 0 Å². The summed E-state index contributed by atoms with van der Waals surface area (Å²) in [6.07, 6.45) is 20.2. The quantitative estimate of drug-likeness (QED) is 0.143. The van der Waals surface area contributed by atoms with Gasteiger partial charge in [0.15, 0.2) is 0 Å². The number of hydrogen-bond acceptors (Lipinski definition) is 3. The molecule has 0 atom stereocenters. The van der Waals surface area contributed by atoms with Gasteiger partial charge < -0.3 is 5.73 Å². The molecule has 0 rings (SSSR count). The number of rotatable bonds is 13. The molecule has 0 aromatic carbocycles. The Bertz CT molecular complexity index is 317. The van der Waals surface area contributed by atoms with Gasteiger partial charge >= 0.3 is 113 Å². The fraction of sp³-hybridized carbons (Fsp3) is 0.900. The standard InChI is InChI=1S/C12H25.C5H13N.C3H6.Na.H2O4S/c1-3-5-7-9-11-12-10-8-6-4-2;1-2-3-4-5-6;1-3-2;;1-5(2,3)4/h1,3-12H2,2H3;2-6H2,1H3;3H,1H2,2H3;;(H2,1,2,3,4). The summed E-state index contributed by atoms with van der Waals surface area (Å²) < 4.78 is 33.1. The van der Waals surface area contributed by atoms with Crippen molar-refractivity contribution >= 4 is 38.3 Å². The molecule has 0 amide bonds. The second-order valence-corrected chi connectivity index (χ2v) is 8.43. The Labute approximate surface area is 188 Å². The first-order chi connectivity index (χ1) is 12.7. The minimum atomic E-state index is -4.67. The third-order valence-corrected chi connectivity index (χ3v) is 4.22. The fourth-order valence-electron chi connectivity index (χ4n) is 2.13. The molecule has 0 aromatic rings. The number of hydrogen-bond donors (Lipinski definition) is 3. The van der Waals surface area contributed by atoms with Gasteiger partial charge in [0, 0.05) is 0 Å². The predicted octanol–water partition coefficient (Wildman–Crippen LogP) is 6.17. The van der Waals surface area contributed by atoms with Gasteiger partial charge in [0.1, 0.15) is 0 Å². The van der Waals surface area contributed by atoms with Gasteiger partial charge in [0.05, 0.1) is 0 Å². The van der Waals surface area contributed by atoms with E-state index >= 15 is 0 Å². The van der Waals surface area contributed by atoms with Crippen LogP contribution >= 0.6 is 0 Å². The van der Waals surface area contributed by atoms with Gasteiger partial charge in [-0.25, -0.2) is 0 Å². The van der Waals surface area contributed by atoms with Gasteiger partial charge in [-0.3, -0.25) is 9.11 Å². The van der Waals surface area contributed by atoms with Crippen molar-refractivity contribution in [3.05, 3.63) is 12.7 Å². The van der Waals surface area contributed by atoms with Crippen LogP contribution < -0.4 is 5.73 Å². The van der Waals surface area contributed by atoms with Crippen molar-refractivity contribution in [3.63, 3.8) is 0 Å². The van der Waals surface area contributed by atoms with Crippen LogP contribution in [-0.4, -0.2) is 52.0 Å². The van der Waals surface area contributed by atoms with Crippen molar-refractivity contribution in [3.8, 4) is 0 Å². The van der Waals surface area contributed by atoms with Crippen LogP contribution in [0.1, 0.15) is 104 Å². The molecule has 27 heavy (non-hydrogen) atoms. The van der Waals surface area contributed by atoms with E-state index in [-0.39, 0.29) is 0 Å². The molecule has 0 aliphatic heterocycles. The molecule has 0 saturated carbocycles. The third kappa shape index (κ3) is 87.1. The SMILES string of the molecule is C=CC.CCCCCCCCCCC[CH2][Na].CCCCCN.O=S(=O)(O)O. The molecule has 7 heteroatoms. The summed E-state index contributed by atoms with van der Waals surface area (Å²) in [5.41, 5.74) is 5.21. The minimum absolute atomic E-state index is 0.855. The summed E-state index contributed by atoms with van der Waals surface area (Å²) in [5, 5.41) is 0. The Morgan fingerprint density at radius 1 is 0.815 bits per heavy atom. The average Bonchev–Trinajstić information content (AvgIpc) is 2.58. The topological polar surface area (TPSA) is 101 Å². The van der Waals surface area contributed by atoms with Crippen molar-refractivity contribution in [2.45, 2.75) is 108 Å². The van der Waals surface area contributed by atoms with Crippen LogP contribution in [0.5, 0.6) is 0 Å². The van der Waals surface area contributed by atoms with Gasteiger partial charge in [0.2, 0.25) is 0 Å². The molecule has 162 valence electrons. The van der Waals surface area contributed by atoms with E-state index in [1.165, 1.54) is 115 Å². The first kappa shape index (κ1) is 35.0. The molecular weight excluding hydrogens is 373 g/mol. The first-order valence-electron chi connectivity index (χ1n) is 10.7. The molecular formula is C20H46NNaO4S. The smallest absolute Gasteiger partial charge is 0.330 e. The third-order valence-electron chi connectivity index (χ3n) is 3.51. The average molecular weight is 420 g/mol. The molecule has 0 fully saturated rings. The van der Waals surface area contributed by atoms with Gasteiger partial charge in [-0.15, -0.1) is 6.58 Å². The largest absolute Gasteiger partial charge is 0.394 e. The molecule has 4 N–H and O–H groups in total. The Kier molecular flexibility index (Phi) is 44.3. The number of unbranched alkanes of at least 4 members (excludes halogenated alkanes) is 11. The molecule has 0 radical (unpaired) electrons. The van der Waals surface area contributed by atoms with Crippen LogP contribution in [0.2, 0.25) is 3.67 Å². The Balaban J connectivity index is -0.000000156. The summed E-state index contributed by atoms with van der Waals surface area (Å²) in [5.74, 6) is 0. The second kappa shape index (κ2) is 34.1. The van der Waals surface area contributed by atoms with Gasteiger partial charge in [-0.1, -0.05) is 25.8 Å². The number of allylic oxidation sites excluding steroid dienone is 1. The zero-order valence-corrected chi connectivity index (χ0v) is 21.4. The predicted molar refractivity (Wildman–Crippen MR) is 121 cm³/mol. The Hall–Kier alpha value is 0.570. The first-order valence-corrected chi connectivity index (χ1v) is 13.5. The summed E-state index contributed by atoms with van der Waals surface area (Å²) in [6.45, 7) is 10.6. The normalized spacial score (nSPS) is 9.78. The van der Waals surface area contributed by atoms with Crippen LogP contribution in [-0.2, 0) is 10.4 Å². The van der Waals surface area contributed by atoms with Crippen LogP contribution in [0.15, 0.2) is 12.7 Å². The van der Waals surface area contributed by atoms with Crippen molar-refractivity contribution in [1.82, 2.24) is 0 Å². The molecule has 0 saturated heterocycles. The van der Waals surface area contributed by atoms with E-state index in [9.17, 15) is 0 Å². The fourth-order valence-corrected chi connectivity index (χ4v) is 2.63. The van der Waals surface area contributed by atoms with E-state index in [4.69, 9.17) is 23.3 Å². The molecule has 0 aliphatic carbocycles. The van der Waals surface area contributed by atoms with Gasteiger partial charge in [-0.2, -0.15) is 8.42 Å². The van der Waals surface area contributed by atoms with Crippen molar-refractivity contribution < 1.29 is 17.5 Å². The van der Waals surface area contributed by atoms with E-state index in [1.54, 1.807) is 6.08 Å². The summed E-state index contributed by atoms with van der Waals surface area (Å²) >= 11 is 1.41. The number of nitrogens with two attached hydrogens (primary N) is 1. The Morgan fingerprint density at radius 3 is 1.30 bits per heavy atom.